The number of non-ortho nitro benzene ring substituents is 1. The Morgan fingerprint density at radius 2 is 1.84 bits per heavy atom. The van der Waals surface area contributed by atoms with Gasteiger partial charge in [-0.25, -0.2) is 4.39 Å². The standard InChI is InChI=1S/C23H18FN3O4/c24-17-10-8-15(9-11-17)21(26-14-16-4-1-2-7-20(16)23(26)29)13-22(28)25-18-5-3-6-19(12-18)27(30)31/h1-12,21H,13-14H2,(H,25,28). The van der Waals surface area contributed by atoms with Crippen molar-refractivity contribution in [2.45, 2.75) is 19.0 Å². The molecule has 31 heavy (non-hydrogen) atoms. The number of nitrogens with one attached hydrogen (secondary N) is 1. The zero-order chi connectivity index (χ0) is 22.0. The smallest absolute Gasteiger partial charge is 0.271 e. The van der Waals surface area contributed by atoms with Crippen molar-refractivity contribution >= 4 is 23.2 Å². The minimum absolute atomic E-state index is 0.0892. The summed E-state index contributed by atoms with van der Waals surface area (Å²) in [6.07, 6.45) is -0.0892. The average molecular weight is 419 g/mol. The Morgan fingerprint density at radius 3 is 2.55 bits per heavy atom. The summed E-state index contributed by atoms with van der Waals surface area (Å²) < 4.78 is 13.5. The molecule has 0 spiro atoms. The Labute approximate surface area is 177 Å². The number of anilines is 1. The highest BCUT2D eigenvalue weighted by atomic mass is 19.1. The molecule has 1 unspecified atom stereocenters. The molecule has 0 radical (unpaired) electrons. The number of hydrogen-bond acceptors (Lipinski definition) is 4. The minimum Gasteiger partial charge on any atom is -0.327 e. The van der Waals surface area contributed by atoms with Crippen LogP contribution in [0.2, 0.25) is 0 Å². The maximum atomic E-state index is 13.5. The Kier molecular flexibility index (Phi) is 5.44. The van der Waals surface area contributed by atoms with E-state index in [-0.39, 0.29) is 23.7 Å². The molecule has 156 valence electrons. The zero-order valence-electron chi connectivity index (χ0n) is 16.3. The summed E-state index contributed by atoms with van der Waals surface area (Å²) in [6, 6.07) is 17.9. The molecule has 1 atom stereocenters. The third-order valence-corrected chi connectivity index (χ3v) is 5.20. The average Bonchev–Trinajstić information content (AvgIpc) is 3.09. The second kappa shape index (κ2) is 8.35. The van der Waals surface area contributed by atoms with Crippen LogP contribution in [0.5, 0.6) is 0 Å². The number of nitrogens with zero attached hydrogens (tertiary/aromatic N) is 2. The van der Waals surface area contributed by atoms with E-state index in [0.29, 0.717) is 17.7 Å². The van der Waals surface area contributed by atoms with Crippen molar-refractivity contribution in [3.8, 4) is 0 Å². The molecule has 8 heteroatoms. The van der Waals surface area contributed by atoms with E-state index in [1.165, 1.54) is 30.3 Å². The molecule has 0 aromatic heterocycles. The summed E-state index contributed by atoms with van der Waals surface area (Å²) in [5.41, 5.74) is 2.20. The monoisotopic (exact) mass is 419 g/mol. The molecule has 1 aliphatic rings. The Morgan fingerprint density at radius 1 is 1.10 bits per heavy atom. The van der Waals surface area contributed by atoms with Crippen molar-refractivity contribution in [2.75, 3.05) is 5.32 Å². The van der Waals surface area contributed by atoms with Crippen LogP contribution in [-0.2, 0) is 11.3 Å². The van der Waals surface area contributed by atoms with Gasteiger partial charge in [-0.3, -0.25) is 19.7 Å². The van der Waals surface area contributed by atoms with Gasteiger partial charge in [0.05, 0.1) is 17.4 Å². The quantitative estimate of drug-likeness (QED) is 0.472. The number of hydrogen-bond donors (Lipinski definition) is 1. The fourth-order valence-corrected chi connectivity index (χ4v) is 3.71. The summed E-state index contributed by atoms with van der Waals surface area (Å²) in [7, 11) is 0. The van der Waals surface area contributed by atoms with Gasteiger partial charge >= 0.3 is 0 Å². The molecule has 7 nitrogen and oxygen atoms in total. The molecule has 1 N–H and O–H groups in total. The van der Waals surface area contributed by atoms with E-state index >= 15 is 0 Å². The SMILES string of the molecule is O=C(CC(c1ccc(F)cc1)N1Cc2ccccc2C1=O)Nc1cccc([N+](=O)[O-])c1. The summed E-state index contributed by atoms with van der Waals surface area (Å²) in [6.45, 7) is 0.334. The molecule has 1 aliphatic heterocycles. The number of carbonyl (C=O) groups excluding carboxylic acids is 2. The first-order valence-electron chi connectivity index (χ1n) is 9.61. The van der Waals surface area contributed by atoms with Crippen molar-refractivity contribution in [3.05, 3.63) is 105 Å². The number of carbonyl (C=O) groups is 2. The van der Waals surface area contributed by atoms with Crippen molar-refractivity contribution in [3.63, 3.8) is 0 Å². The molecular formula is C23H18FN3O4. The van der Waals surface area contributed by atoms with Gasteiger partial charge in [-0.15, -0.1) is 0 Å². The molecule has 2 amide bonds. The molecule has 1 heterocycles. The first-order chi connectivity index (χ1) is 14.9. The van der Waals surface area contributed by atoms with Crippen molar-refractivity contribution < 1.29 is 18.9 Å². The number of nitro groups is 1. The topological polar surface area (TPSA) is 92.6 Å². The van der Waals surface area contributed by atoms with Crippen LogP contribution in [0.15, 0.2) is 72.8 Å². The summed E-state index contributed by atoms with van der Waals surface area (Å²) in [4.78, 5) is 37.8. The first-order valence-corrected chi connectivity index (χ1v) is 9.61. The van der Waals surface area contributed by atoms with Crippen LogP contribution in [0.3, 0.4) is 0 Å². The molecule has 0 saturated heterocycles. The third kappa shape index (κ3) is 4.28. The summed E-state index contributed by atoms with van der Waals surface area (Å²) in [5, 5.41) is 13.6. The van der Waals surface area contributed by atoms with Gasteiger partial charge in [0.25, 0.3) is 11.6 Å². The van der Waals surface area contributed by atoms with Gasteiger partial charge in [0, 0.05) is 29.9 Å². The molecule has 0 bridgehead atoms. The number of benzene rings is 3. The Hall–Kier alpha value is -4.07. The summed E-state index contributed by atoms with van der Waals surface area (Å²) in [5.74, 6) is -1.04. The number of amides is 2. The van der Waals surface area contributed by atoms with E-state index in [1.54, 1.807) is 35.2 Å². The lowest BCUT2D eigenvalue weighted by Gasteiger charge is -2.28. The number of halogens is 1. The van der Waals surface area contributed by atoms with Gasteiger partial charge in [0.2, 0.25) is 5.91 Å². The lowest BCUT2D eigenvalue weighted by Crippen LogP contribution is -2.32. The minimum atomic E-state index is -0.626. The van der Waals surface area contributed by atoms with Gasteiger partial charge in [-0.1, -0.05) is 36.4 Å². The van der Waals surface area contributed by atoms with Gasteiger partial charge in [-0.2, -0.15) is 0 Å². The Bertz CT molecular complexity index is 1160. The fraction of sp³-hybridized carbons (Fsp3) is 0.130. The molecule has 0 aliphatic carbocycles. The lowest BCUT2D eigenvalue weighted by atomic mass is 10.0. The van der Waals surface area contributed by atoms with E-state index in [1.807, 2.05) is 12.1 Å². The van der Waals surface area contributed by atoms with E-state index < -0.39 is 22.7 Å². The third-order valence-electron chi connectivity index (χ3n) is 5.20. The zero-order valence-corrected chi connectivity index (χ0v) is 16.3. The van der Waals surface area contributed by atoms with E-state index in [4.69, 9.17) is 0 Å². The first kappa shape index (κ1) is 20.2. The van der Waals surface area contributed by atoms with Crippen molar-refractivity contribution in [1.29, 1.82) is 0 Å². The Balaban J connectivity index is 1.59. The van der Waals surface area contributed by atoms with Gasteiger partial charge < -0.3 is 10.2 Å². The fourth-order valence-electron chi connectivity index (χ4n) is 3.71. The molecule has 4 rings (SSSR count). The second-order valence-corrected chi connectivity index (χ2v) is 7.22. The maximum Gasteiger partial charge on any atom is 0.271 e. The summed E-state index contributed by atoms with van der Waals surface area (Å²) >= 11 is 0. The number of fused-ring (bicyclic) bond motifs is 1. The predicted molar refractivity (Wildman–Crippen MR) is 112 cm³/mol. The number of nitro benzene ring substituents is 1. The van der Waals surface area contributed by atoms with Crippen LogP contribution in [0, 0.1) is 15.9 Å². The molecule has 3 aromatic rings. The number of rotatable bonds is 6. The van der Waals surface area contributed by atoms with Crippen molar-refractivity contribution in [2.24, 2.45) is 0 Å². The van der Waals surface area contributed by atoms with Crippen LogP contribution in [0.4, 0.5) is 15.8 Å². The molecule has 3 aromatic carbocycles. The largest absolute Gasteiger partial charge is 0.327 e. The van der Waals surface area contributed by atoms with Crippen LogP contribution in [0.25, 0.3) is 0 Å². The van der Waals surface area contributed by atoms with Crippen molar-refractivity contribution in [1.82, 2.24) is 4.90 Å². The highest BCUT2D eigenvalue weighted by molar-refractivity contribution is 5.99. The normalized spacial score (nSPS) is 13.6. The van der Waals surface area contributed by atoms with E-state index in [2.05, 4.69) is 5.32 Å². The molecule has 0 fully saturated rings. The maximum absolute atomic E-state index is 13.5. The van der Waals surface area contributed by atoms with Gasteiger partial charge in [-0.05, 0) is 35.4 Å². The lowest BCUT2D eigenvalue weighted by molar-refractivity contribution is -0.384. The highest BCUT2D eigenvalue weighted by Crippen LogP contribution is 2.34. The van der Waals surface area contributed by atoms with E-state index in [9.17, 15) is 24.1 Å². The van der Waals surface area contributed by atoms with E-state index in [0.717, 1.165) is 5.56 Å². The predicted octanol–water partition coefficient (Wildman–Crippen LogP) is 4.46. The van der Waals surface area contributed by atoms with Crippen LogP contribution in [-0.4, -0.2) is 21.6 Å². The van der Waals surface area contributed by atoms with Gasteiger partial charge in [0.1, 0.15) is 5.82 Å². The molecule has 0 saturated carbocycles. The van der Waals surface area contributed by atoms with Crippen LogP contribution in [0.1, 0.15) is 33.9 Å². The van der Waals surface area contributed by atoms with Crippen LogP contribution < -0.4 is 5.32 Å². The second-order valence-electron chi connectivity index (χ2n) is 7.22. The van der Waals surface area contributed by atoms with Gasteiger partial charge in [0.15, 0.2) is 0 Å². The highest BCUT2D eigenvalue weighted by Gasteiger charge is 2.34. The van der Waals surface area contributed by atoms with Crippen LogP contribution >= 0.6 is 0 Å². The molecular weight excluding hydrogens is 401 g/mol.